The van der Waals surface area contributed by atoms with Gasteiger partial charge in [0.25, 0.3) is 0 Å². The van der Waals surface area contributed by atoms with Crippen LogP contribution >= 0.6 is 0 Å². The SMILES string of the molecule is CCCC(C=NC)=CN. The second-order valence-corrected chi connectivity index (χ2v) is 1.88. The minimum atomic E-state index is 1.02. The van der Waals surface area contributed by atoms with Crippen LogP contribution in [0.4, 0.5) is 0 Å². The first-order chi connectivity index (χ1) is 4.35. The first kappa shape index (κ1) is 8.21. The summed E-state index contributed by atoms with van der Waals surface area (Å²) in [6.07, 6.45) is 5.54. The number of aliphatic imine (C=N–C) groups is 1. The van der Waals surface area contributed by atoms with E-state index in [2.05, 4.69) is 11.9 Å². The molecule has 0 aliphatic heterocycles. The lowest BCUT2D eigenvalue weighted by Crippen LogP contribution is -1.89. The number of nitrogens with two attached hydrogens (primary N) is 1. The van der Waals surface area contributed by atoms with Crippen LogP contribution in [0, 0.1) is 0 Å². The Kier molecular flexibility index (Phi) is 4.88. The maximum absolute atomic E-state index is 5.29. The van der Waals surface area contributed by atoms with E-state index >= 15 is 0 Å². The normalized spacial score (nSPS) is 12.9. The maximum atomic E-state index is 5.29. The molecular weight excluding hydrogens is 112 g/mol. The summed E-state index contributed by atoms with van der Waals surface area (Å²) >= 11 is 0. The number of nitrogens with zero attached hydrogens (tertiary/aromatic N) is 1. The molecule has 0 spiro atoms. The second kappa shape index (κ2) is 5.35. The Hall–Kier alpha value is -0.790. The van der Waals surface area contributed by atoms with Gasteiger partial charge in [0, 0.05) is 13.3 Å². The van der Waals surface area contributed by atoms with E-state index in [1.54, 1.807) is 19.5 Å². The van der Waals surface area contributed by atoms with Gasteiger partial charge in [0.2, 0.25) is 0 Å². The van der Waals surface area contributed by atoms with Crippen molar-refractivity contribution in [3.63, 3.8) is 0 Å². The van der Waals surface area contributed by atoms with E-state index in [1.807, 2.05) is 0 Å². The molecule has 0 fully saturated rings. The Morgan fingerprint density at radius 3 is 2.67 bits per heavy atom. The Morgan fingerprint density at radius 1 is 1.67 bits per heavy atom. The van der Waals surface area contributed by atoms with Crippen LogP contribution in [0.1, 0.15) is 19.8 Å². The summed E-state index contributed by atoms with van der Waals surface area (Å²) in [4.78, 5) is 3.85. The average molecular weight is 126 g/mol. The third kappa shape index (κ3) is 3.76. The molecule has 0 bridgehead atoms. The van der Waals surface area contributed by atoms with Crippen molar-refractivity contribution < 1.29 is 0 Å². The van der Waals surface area contributed by atoms with Gasteiger partial charge in [-0.15, -0.1) is 0 Å². The smallest absolute Gasteiger partial charge is 0.0277 e. The molecule has 0 aliphatic rings. The Balaban J connectivity index is 3.70. The van der Waals surface area contributed by atoms with Crippen LogP contribution in [-0.2, 0) is 0 Å². The largest absolute Gasteiger partial charge is 0.404 e. The zero-order valence-corrected chi connectivity index (χ0v) is 6.09. The van der Waals surface area contributed by atoms with Gasteiger partial charge in [-0.3, -0.25) is 4.99 Å². The molecule has 0 rings (SSSR count). The van der Waals surface area contributed by atoms with Gasteiger partial charge >= 0.3 is 0 Å². The van der Waals surface area contributed by atoms with Crippen molar-refractivity contribution in [3.05, 3.63) is 11.8 Å². The van der Waals surface area contributed by atoms with Crippen molar-refractivity contribution in [1.82, 2.24) is 0 Å². The minimum Gasteiger partial charge on any atom is -0.404 e. The number of hydrogen-bond acceptors (Lipinski definition) is 2. The fourth-order valence-corrected chi connectivity index (χ4v) is 0.645. The molecule has 52 valence electrons. The van der Waals surface area contributed by atoms with Crippen LogP contribution < -0.4 is 5.73 Å². The second-order valence-electron chi connectivity index (χ2n) is 1.88. The summed E-state index contributed by atoms with van der Waals surface area (Å²) in [5.41, 5.74) is 6.40. The third-order valence-electron chi connectivity index (χ3n) is 1.05. The summed E-state index contributed by atoms with van der Waals surface area (Å²) < 4.78 is 0. The molecule has 2 nitrogen and oxygen atoms in total. The van der Waals surface area contributed by atoms with Crippen LogP contribution in [0.5, 0.6) is 0 Å². The van der Waals surface area contributed by atoms with E-state index in [1.165, 1.54) is 0 Å². The molecule has 0 atom stereocenters. The van der Waals surface area contributed by atoms with Crippen molar-refractivity contribution in [1.29, 1.82) is 0 Å². The van der Waals surface area contributed by atoms with Crippen molar-refractivity contribution in [2.24, 2.45) is 10.7 Å². The van der Waals surface area contributed by atoms with Gasteiger partial charge in [-0.2, -0.15) is 0 Å². The zero-order chi connectivity index (χ0) is 7.11. The van der Waals surface area contributed by atoms with Crippen LogP contribution in [0.3, 0.4) is 0 Å². The number of rotatable bonds is 3. The van der Waals surface area contributed by atoms with Crippen LogP contribution in [-0.4, -0.2) is 13.3 Å². The fourth-order valence-electron chi connectivity index (χ4n) is 0.645. The molecule has 0 aliphatic carbocycles. The van der Waals surface area contributed by atoms with E-state index in [-0.39, 0.29) is 0 Å². The molecule has 0 heterocycles. The summed E-state index contributed by atoms with van der Waals surface area (Å²) in [6.45, 7) is 2.12. The van der Waals surface area contributed by atoms with Gasteiger partial charge in [0.15, 0.2) is 0 Å². The molecule has 0 aromatic carbocycles. The Labute approximate surface area is 56.5 Å². The molecule has 0 aromatic heterocycles. The molecule has 0 aromatic rings. The van der Waals surface area contributed by atoms with E-state index in [9.17, 15) is 0 Å². The molecule has 0 amide bonds. The highest BCUT2D eigenvalue weighted by molar-refractivity contribution is 5.77. The number of hydrogen-bond donors (Lipinski definition) is 1. The van der Waals surface area contributed by atoms with E-state index in [0.717, 1.165) is 18.4 Å². The Morgan fingerprint density at radius 2 is 2.33 bits per heavy atom. The molecule has 9 heavy (non-hydrogen) atoms. The molecular formula is C7H14N2. The Bertz CT molecular complexity index is 114. The number of allylic oxidation sites excluding steroid dienone is 1. The van der Waals surface area contributed by atoms with Gasteiger partial charge in [-0.1, -0.05) is 13.3 Å². The molecule has 0 saturated carbocycles. The summed E-state index contributed by atoms with van der Waals surface area (Å²) in [5.74, 6) is 0. The van der Waals surface area contributed by atoms with Gasteiger partial charge in [0.05, 0.1) is 0 Å². The quantitative estimate of drug-likeness (QED) is 0.569. The molecule has 2 heteroatoms. The first-order valence-electron chi connectivity index (χ1n) is 3.18. The molecule has 0 radical (unpaired) electrons. The topological polar surface area (TPSA) is 38.4 Å². The average Bonchev–Trinajstić information content (AvgIpc) is 1.88. The van der Waals surface area contributed by atoms with Crippen molar-refractivity contribution >= 4 is 6.21 Å². The maximum Gasteiger partial charge on any atom is 0.0277 e. The fraction of sp³-hybridized carbons (Fsp3) is 0.571. The third-order valence-corrected chi connectivity index (χ3v) is 1.05. The van der Waals surface area contributed by atoms with E-state index < -0.39 is 0 Å². The summed E-state index contributed by atoms with van der Waals surface area (Å²) in [7, 11) is 1.75. The van der Waals surface area contributed by atoms with Crippen LogP contribution in [0.25, 0.3) is 0 Å². The van der Waals surface area contributed by atoms with Crippen LogP contribution in [0.2, 0.25) is 0 Å². The lowest BCUT2D eigenvalue weighted by molar-refractivity contribution is 0.935. The van der Waals surface area contributed by atoms with Gasteiger partial charge < -0.3 is 5.73 Å². The molecule has 0 saturated heterocycles. The van der Waals surface area contributed by atoms with Gasteiger partial charge in [0.1, 0.15) is 0 Å². The highest BCUT2D eigenvalue weighted by Crippen LogP contribution is 1.98. The van der Waals surface area contributed by atoms with Gasteiger partial charge in [-0.25, -0.2) is 0 Å². The summed E-state index contributed by atoms with van der Waals surface area (Å²) in [6, 6.07) is 0. The standard InChI is InChI=1S/C7H14N2/c1-3-4-7(5-8)6-9-2/h5-6H,3-4,8H2,1-2H3. The predicted molar refractivity (Wildman–Crippen MR) is 41.6 cm³/mol. The highest BCUT2D eigenvalue weighted by atomic mass is 14.6. The molecule has 0 unspecified atom stereocenters. The molecule has 2 N–H and O–H groups in total. The van der Waals surface area contributed by atoms with Crippen molar-refractivity contribution in [3.8, 4) is 0 Å². The first-order valence-corrected chi connectivity index (χ1v) is 3.18. The minimum absolute atomic E-state index is 1.02. The van der Waals surface area contributed by atoms with Gasteiger partial charge in [-0.05, 0) is 18.2 Å². The lowest BCUT2D eigenvalue weighted by atomic mass is 10.2. The van der Waals surface area contributed by atoms with Crippen molar-refractivity contribution in [2.75, 3.05) is 7.05 Å². The monoisotopic (exact) mass is 126 g/mol. The summed E-state index contributed by atoms with van der Waals surface area (Å²) in [5, 5.41) is 0. The lowest BCUT2D eigenvalue weighted by Gasteiger charge is -1.93. The van der Waals surface area contributed by atoms with E-state index in [4.69, 9.17) is 5.73 Å². The predicted octanol–water partition coefficient (Wildman–Crippen LogP) is 1.33. The zero-order valence-electron chi connectivity index (χ0n) is 6.09. The van der Waals surface area contributed by atoms with Crippen molar-refractivity contribution in [2.45, 2.75) is 19.8 Å². The highest BCUT2D eigenvalue weighted by Gasteiger charge is 1.86. The van der Waals surface area contributed by atoms with Crippen LogP contribution in [0.15, 0.2) is 16.8 Å². The van der Waals surface area contributed by atoms with E-state index in [0.29, 0.717) is 0 Å².